The number of allylic oxidation sites excluding steroid dienone is 3. The Morgan fingerprint density at radius 3 is 2.26 bits per heavy atom. The van der Waals surface area contributed by atoms with Gasteiger partial charge in [-0.05, 0) is 60.5 Å². The molecule has 0 saturated heterocycles. The van der Waals surface area contributed by atoms with Gasteiger partial charge in [0.25, 0.3) is 0 Å². The zero-order chi connectivity index (χ0) is 16.8. The second kappa shape index (κ2) is 7.33. The maximum absolute atomic E-state index is 8.85. The van der Waals surface area contributed by atoms with Crippen molar-refractivity contribution in [1.29, 1.82) is 5.26 Å². The fourth-order valence-corrected chi connectivity index (χ4v) is 2.20. The van der Waals surface area contributed by atoms with Gasteiger partial charge in [-0.1, -0.05) is 18.7 Å². The highest BCUT2D eigenvalue weighted by molar-refractivity contribution is 5.74. The number of nitriles is 1. The van der Waals surface area contributed by atoms with E-state index in [9.17, 15) is 0 Å². The lowest BCUT2D eigenvalue weighted by Crippen LogP contribution is -2.14. The van der Waals surface area contributed by atoms with Crippen molar-refractivity contribution in [3.8, 4) is 11.8 Å². The highest BCUT2D eigenvalue weighted by Gasteiger charge is 2.05. The normalized spacial score (nSPS) is 10.8. The zero-order valence-corrected chi connectivity index (χ0v) is 13.7. The van der Waals surface area contributed by atoms with E-state index in [2.05, 4.69) is 17.5 Å². The van der Waals surface area contributed by atoms with Crippen molar-refractivity contribution in [3.05, 3.63) is 78.0 Å². The molecule has 0 fully saturated rings. The fourth-order valence-electron chi connectivity index (χ4n) is 2.20. The van der Waals surface area contributed by atoms with Crippen LogP contribution in [-0.2, 0) is 0 Å². The minimum atomic E-state index is 0.651. The molecule has 0 atom stereocenters. The molecule has 0 heterocycles. The summed E-state index contributed by atoms with van der Waals surface area (Å²) >= 11 is 0. The molecule has 3 nitrogen and oxygen atoms in total. The van der Waals surface area contributed by atoms with Gasteiger partial charge >= 0.3 is 0 Å². The predicted molar refractivity (Wildman–Crippen MR) is 95.3 cm³/mol. The molecule has 116 valence electrons. The lowest BCUT2D eigenvalue weighted by Gasteiger charge is -2.21. The van der Waals surface area contributed by atoms with Crippen LogP contribution in [-0.4, -0.2) is 14.2 Å². The van der Waals surface area contributed by atoms with Crippen LogP contribution in [0, 0.1) is 11.3 Å². The Morgan fingerprint density at radius 2 is 1.74 bits per heavy atom. The molecule has 3 heteroatoms. The van der Waals surface area contributed by atoms with Gasteiger partial charge in [0.2, 0.25) is 0 Å². The third kappa shape index (κ3) is 4.02. The molecule has 0 radical (unpaired) electrons. The molecule has 0 aliphatic rings. The number of benzene rings is 2. The smallest absolute Gasteiger partial charge is 0.119 e. The van der Waals surface area contributed by atoms with Crippen LogP contribution in [0.4, 0.5) is 5.69 Å². The molecule has 0 spiro atoms. The maximum atomic E-state index is 8.85. The van der Waals surface area contributed by atoms with Gasteiger partial charge in [-0.3, -0.25) is 0 Å². The Labute approximate surface area is 137 Å². The molecule has 0 unspecified atom stereocenters. The Kier molecular flexibility index (Phi) is 5.22. The standard InChI is InChI=1S/C20H20N2O/c1-15(18-7-5-17(14-21)6-8-18)13-16(2)22(3)19-9-11-20(23-4)12-10-19/h5-13H,1H2,2-4H3/b16-13-. The van der Waals surface area contributed by atoms with Crippen molar-refractivity contribution in [2.45, 2.75) is 6.92 Å². The van der Waals surface area contributed by atoms with Crippen LogP contribution in [0.3, 0.4) is 0 Å². The monoisotopic (exact) mass is 304 g/mol. The predicted octanol–water partition coefficient (Wildman–Crippen LogP) is 4.62. The first kappa shape index (κ1) is 16.4. The number of nitrogens with zero attached hydrogens (tertiary/aromatic N) is 2. The highest BCUT2D eigenvalue weighted by atomic mass is 16.5. The second-order valence-electron chi connectivity index (χ2n) is 5.26. The average Bonchev–Trinajstić information content (AvgIpc) is 2.61. The number of rotatable bonds is 5. The van der Waals surface area contributed by atoms with Crippen molar-refractivity contribution >= 4 is 11.3 Å². The number of ether oxygens (including phenoxy) is 1. The van der Waals surface area contributed by atoms with E-state index in [1.807, 2.05) is 56.4 Å². The summed E-state index contributed by atoms with van der Waals surface area (Å²) in [5.41, 5.74) is 4.72. The van der Waals surface area contributed by atoms with Crippen molar-refractivity contribution in [2.75, 3.05) is 19.1 Å². The summed E-state index contributed by atoms with van der Waals surface area (Å²) in [6.07, 6.45) is 2.03. The third-order valence-electron chi connectivity index (χ3n) is 3.76. The lowest BCUT2D eigenvalue weighted by molar-refractivity contribution is 0.415. The Morgan fingerprint density at radius 1 is 1.13 bits per heavy atom. The summed E-state index contributed by atoms with van der Waals surface area (Å²) in [5, 5.41) is 8.85. The first-order valence-electron chi connectivity index (χ1n) is 7.30. The highest BCUT2D eigenvalue weighted by Crippen LogP contribution is 2.23. The summed E-state index contributed by atoms with van der Waals surface area (Å²) in [5.74, 6) is 0.839. The number of methoxy groups -OCH3 is 1. The van der Waals surface area contributed by atoms with Crippen LogP contribution in [0.1, 0.15) is 18.1 Å². The third-order valence-corrected chi connectivity index (χ3v) is 3.76. The van der Waals surface area contributed by atoms with E-state index in [4.69, 9.17) is 10.00 Å². The summed E-state index contributed by atoms with van der Waals surface area (Å²) in [7, 11) is 3.67. The SMILES string of the molecule is C=C(/C=C(/C)N(C)c1ccc(OC)cc1)c1ccc(C#N)cc1. The van der Waals surface area contributed by atoms with E-state index < -0.39 is 0 Å². The van der Waals surface area contributed by atoms with Gasteiger partial charge in [0, 0.05) is 18.4 Å². The average molecular weight is 304 g/mol. The van der Waals surface area contributed by atoms with Gasteiger partial charge in [0.05, 0.1) is 18.7 Å². The van der Waals surface area contributed by atoms with Crippen molar-refractivity contribution in [1.82, 2.24) is 0 Å². The van der Waals surface area contributed by atoms with Crippen molar-refractivity contribution in [3.63, 3.8) is 0 Å². The Bertz CT molecular complexity index is 750. The number of hydrogen-bond donors (Lipinski definition) is 0. The molecular formula is C20H20N2O. The molecule has 0 bridgehead atoms. The Hall–Kier alpha value is -2.99. The molecule has 0 aliphatic carbocycles. The maximum Gasteiger partial charge on any atom is 0.119 e. The van der Waals surface area contributed by atoms with Crippen LogP contribution in [0.15, 0.2) is 66.9 Å². The fraction of sp³-hybridized carbons (Fsp3) is 0.150. The van der Waals surface area contributed by atoms with Crippen LogP contribution >= 0.6 is 0 Å². The number of hydrogen-bond acceptors (Lipinski definition) is 3. The lowest BCUT2D eigenvalue weighted by atomic mass is 10.0. The molecule has 2 aromatic carbocycles. The van der Waals surface area contributed by atoms with Gasteiger partial charge < -0.3 is 9.64 Å². The van der Waals surface area contributed by atoms with Crippen LogP contribution in [0.25, 0.3) is 5.57 Å². The van der Waals surface area contributed by atoms with Gasteiger partial charge in [0.15, 0.2) is 0 Å². The van der Waals surface area contributed by atoms with E-state index >= 15 is 0 Å². The van der Waals surface area contributed by atoms with Gasteiger partial charge in [0.1, 0.15) is 5.75 Å². The minimum absolute atomic E-state index is 0.651. The van der Waals surface area contributed by atoms with Crippen LogP contribution < -0.4 is 9.64 Å². The first-order valence-corrected chi connectivity index (χ1v) is 7.30. The van der Waals surface area contributed by atoms with Gasteiger partial charge in [-0.25, -0.2) is 0 Å². The van der Waals surface area contributed by atoms with Crippen LogP contribution in [0.2, 0.25) is 0 Å². The summed E-state index contributed by atoms with van der Waals surface area (Å²) in [6, 6.07) is 17.5. The molecule has 2 rings (SSSR count). The quantitative estimate of drug-likeness (QED) is 0.756. The summed E-state index contributed by atoms with van der Waals surface area (Å²) in [4.78, 5) is 2.09. The summed E-state index contributed by atoms with van der Waals surface area (Å²) in [6.45, 7) is 6.16. The molecule has 23 heavy (non-hydrogen) atoms. The number of anilines is 1. The van der Waals surface area contributed by atoms with Gasteiger partial charge in [-0.15, -0.1) is 0 Å². The van der Waals surface area contributed by atoms with Gasteiger partial charge in [-0.2, -0.15) is 5.26 Å². The van der Waals surface area contributed by atoms with E-state index in [-0.39, 0.29) is 0 Å². The van der Waals surface area contributed by atoms with Crippen LogP contribution in [0.5, 0.6) is 5.75 Å². The van der Waals surface area contributed by atoms with E-state index in [0.717, 1.165) is 28.3 Å². The Balaban J connectivity index is 2.16. The van der Waals surface area contributed by atoms with E-state index in [0.29, 0.717) is 5.56 Å². The zero-order valence-electron chi connectivity index (χ0n) is 13.7. The molecular weight excluding hydrogens is 284 g/mol. The second-order valence-corrected chi connectivity index (χ2v) is 5.26. The minimum Gasteiger partial charge on any atom is -0.497 e. The molecule has 0 N–H and O–H groups in total. The first-order chi connectivity index (χ1) is 11.0. The van der Waals surface area contributed by atoms with Crippen molar-refractivity contribution in [2.24, 2.45) is 0 Å². The molecule has 0 aliphatic heterocycles. The molecule has 0 amide bonds. The molecule has 0 aromatic heterocycles. The molecule has 0 saturated carbocycles. The van der Waals surface area contributed by atoms with E-state index in [1.165, 1.54) is 0 Å². The topological polar surface area (TPSA) is 36.3 Å². The largest absolute Gasteiger partial charge is 0.497 e. The van der Waals surface area contributed by atoms with Crippen molar-refractivity contribution < 1.29 is 4.74 Å². The molecule has 2 aromatic rings. The summed E-state index contributed by atoms with van der Waals surface area (Å²) < 4.78 is 5.18. The van der Waals surface area contributed by atoms with E-state index in [1.54, 1.807) is 19.2 Å².